The number of aromatic nitrogens is 1. The number of nitrogen functional groups attached to an aromatic ring is 1. The Morgan fingerprint density at radius 3 is 2.85 bits per heavy atom. The van der Waals surface area contributed by atoms with Gasteiger partial charge in [0, 0.05) is 23.9 Å². The molecule has 72 valence electrons. The first-order valence-corrected chi connectivity index (χ1v) is 4.13. The number of methoxy groups -OCH3 is 1. The maximum Gasteiger partial charge on any atom is 0.128 e. The van der Waals surface area contributed by atoms with Gasteiger partial charge in [0.2, 0.25) is 0 Å². The van der Waals surface area contributed by atoms with Crippen molar-refractivity contribution in [3.8, 4) is 5.75 Å². The van der Waals surface area contributed by atoms with E-state index < -0.39 is 0 Å². The van der Waals surface area contributed by atoms with E-state index in [2.05, 4.69) is 10.3 Å². The lowest BCUT2D eigenvalue weighted by Crippen LogP contribution is -2.10. The molecule has 1 heterocycles. The van der Waals surface area contributed by atoms with Crippen molar-refractivity contribution in [1.82, 2.24) is 10.3 Å². The van der Waals surface area contributed by atoms with Gasteiger partial charge in [-0.1, -0.05) is 0 Å². The molecule has 0 spiro atoms. The summed E-state index contributed by atoms with van der Waals surface area (Å²) in [5.74, 6) is 1.29. The Balaban J connectivity index is 3.13. The summed E-state index contributed by atoms with van der Waals surface area (Å²) in [6.07, 6.45) is 0. The van der Waals surface area contributed by atoms with Crippen molar-refractivity contribution < 1.29 is 4.74 Å². The minimum atomic E-state index is 0.495. The number of pyridine rings is 1. The molecule has 0 atom stereocenters. The van der Waals surface area contributed by atoms with Crippen LogP contribution in [0.1, 0.15) is 11.3 Å². The number of anilines is 1. The first-order valence-electron chi connectivity index (χ1n) is 4.13. The minimum absolute atomic E-state index is 0.495. The van der Waals surface area contributed by atoms with Gasteiger partial charge in [0.25, 0.3) is 0 Å². The van der Waals surface area contributed by atoms with Gasteiger partial charge in [0.15, 0.2) is 0 Å². The fourth-order valence-corrected chi connectivity index (χ4v) is 1.27. The van der Waals surface area contributed by atoms with Crippen LogP contribution in [-0.2, 0) is 6.54 Å². The SMILES string of the molecule is CNCc1c(OC)cc(N)nc1C. The van der Waals surface area contributed by atoms with E-state index in [9.17, 15) is 0 Å². The predicted octanol–water partition coefficient (Wildman–Crippen LogP) is 0.700. The van der Waals surface area contributed by atoms with Crippen LogP contribution >= 0.6 is 0 Å². The lowest BCUT2D eigenvalue weighted by molar-refractivity contribution is 0.407. The highest BCUT2D eigenvalue weighted by molar-refractivity contribution is 5.45. The molecule has 1 aromatic heterocycles. The van der Waals surface area contributed by atoms with Gasteiger partial charge in [0.1, 0.15) is 11.6 Å². The lowest BCUT2D eigenvalue weighted by Gasteiger charge is -2.11. The second kappa shape index (κ2) is 4.09. The fourth-order valence-electron chi connectivity index (χ4n) is 1.27. The molecule has 4 nitrogen and oxygen atoms in total. The van der Waals surface area contributed by atoms with Gasteiger partial charge in [-0.2, -0.15) is 0 Å². The lowest BCUT2D eigenvalue weighted by atomic mass is 10.2. The summed E-state index contributed by atoms with van der Waals surface area (Å²) in [7, 11) is 3.52. The van der Waals surface area contributed by atoms with Crippen LogP contribution in [0.25, 0.3) is 0 Å². The van der Waals surface area contributed by atoms with Crippen LogP contribution in [0.4, 0.5) is 5.82 Å². The van der Waals surface area contributed by atoms with Crippen molar-refractivity contribution in [3.05, 3.63) is 17.3 Å². The van der Waals surface area contributed by atoms with Gasteiger partial charge in [-0.15, -0.1) is 0 Å². The summed E-state index contributed by atoms with van der Waals surface area (Å²) in [6.45, 7) is 2.66. The summed E-state index contributed by atoms with van der Waals surface area (Å²) in [5, 5.41) is 3.06. The van der Waals surface area contributed by atoms with Gasteiger partial charge >= 0.3 is 0 Å². The average molecular weight is 181 g/mol. The number of aryl methyl sites for hydroxylation is 1. The molecule has 0 saturated heterocycles. The maximum absolute atomic E-state index is 5.59. The second-order valence-corrected chi connectivity index (χ2v) is 2.84. The molecule has 0 amide bonds. The van der Waals surface area contributed by atoms with E-state index in [1.54, 1.807) is 13.2 Å². The van der Waals surface area contributed by atoms with Crippen molar-refractivity contribution in [3.63, 3.8) is 0 Å². The molecule has 0 aliphatic carbocycles. The van der Waals surface area contributed by atoms with Crippen LogP contribution in [0.5, 0.6) is 5.75 Å². The number of nitrogens with one attached hydrogen (secondary N) is 1. The van der Waals surface area contributed by atoms with Crippen LogP contribution in [0.3, 0.4) is 0 Å². The molecule has 0 aromatic carbocycles. The number of rotatable bonds is 3. The Hall–Kier alpha value is -1.29. The molecule has 4 heteroatoms. The Kier molecular flexibility index (Phi) is 3.08. The van der Waals surface area contributed by atoms with E-state index in [1.807, 2.05) is 14.0 Å². The van der Waals surface area contributed by atoms with E-state index >= 15 is 0 Å². The molecule has 0 aliphatic heterocycles. The smallest absolute Gasteiger partial charge is 0.128 e. The van der Waals surface area contributed by atoms with Crippen molar-refractivity contribution in [2.24, 2.45) is 0 Å². The Labute approximate surface area is 78.1 Å². The van der Waals surface area contributed by atoms with Gasteiger partial charge in [-0.25, -0.2) is 4.98 Å². The second-order valence-electron chi connectivity index (χ2n) is 2.84. The number of hydrogen-bond donors (Lipinski definition) is 2. The minimum Gasteiger partial charge on any atom is -0.496 e. The van der Waals surface area contributed by atoms with Gasteiger partial charge < -0.3 is 15.8 Å². The monoisotopic (exact) mass is 181 g/mol. The van der Waals surface area contributed by atoms with E-state index in [1.165, 1.54) is 0 Å². The van der Waals surface area contributed by atoms with Gasteiger partial charge in [0.05, 0.1) is 7.11 Å². The molecule has 0 fully saturated rings. The molecule has 0 radical (unpaired) electrons. The van der Waals surface area contributed by atoms with Crippen LogP contribution in [0.15, 0.2) is 6.07 Å². The number of ether oxygens (including phenoxy) is 1. The third-order valence-electron chi connectivity index (χ3n) is 1.88. The van der Waals surface area contributed by atoms with Crippen molar-refractivity contribution in [2.75, 3.05) is 19.9 Å². The molecular weight excluding hydrogens is 166 g/mol. The molecular formula is C9H15N3O. The molecule has 13 heavy (non-hydrogen) atoms. The average Bonchev–Trinajstić information content (AvgIpc) is 2.09. The Morgan fingerprint density at radius 1 is 1.62 bits per heavy atom. The number of hydrogen-bond acceptors (Lipinski definition) is 4. The predicted molar refractivity (Wildman–Crippen MR) is 52.7 cm³/mol. The highest BCUT2D eigenvalue weighted by Gasteiger charge is 2.07. The molecule has 1 rings (SSSR count). The quantitative estimate of drug-likeness (QED) is 0.720. The Bertz CT molecular complexity index is 299. The third kappa shape index (κ3) is 2.09. The normalized spacial score (nSPS) is 10.1. The van der Waals surface area contributed by atoms with Crippen LogP contribution < -0.4 is 15.8 Å². The molecule has 0 unspecified atom stereocenters. The topological polar surface area (TPSA) is 60.2 Å². The highest BCUT2D eigenvalue weighted by Crippen LogP contribution is 2.22. The number of nitrogens with zero attached hydrogens (tertiary/aromatic N) is 1. The molecule has 0 aliphatic rings. The zero-order valence-electron chi connectivity index (χ0n) is 8.22. The zero-order chi connectivity index (χ0) is 9.84. The van der Waals surface area contributed by atoms with Crippen LogP contribution in [-0.4, -0.2) is 19.1 Å². The van der Waals surface area contributed by atoms with E-state index in [-0.39, 0.29) is 0 Å². The summed E-state index contributed by atoms with van der Waals surface area (Å²) in [6, 6.07) is 1.74. The van der Waals surface area contributed by atoms with Crippen LogP contribution in [0, 0.1) is 6.92 Å². The summed E-state index contributed by atoms with van der Waals surface area (Å²) >= 11 is 0. The molecule has 1 aromatic rings. The maximum atomic E-state index is 5.59. The summed E-state index contributed by atoms with van der Waals surface area (Å²) in [4.78, 5) is 4.16. The van der Waals surface area contributed by atoms with Crippen molar-refractivity contribution in [1.29, 1.82) is 0 Å². The number of nitrogens with two attached hydrogens (primary N) is 1. The first-order chi connectivity index (χ1) is 6.19. The highest BCUT2D eigenvalue weighted by atomic mass is 16.5. The van der Waals surface area contributed by atoms with Gasteiger partial charge in [-0.05, 0) is 14.0 Å². The van der Waals surface area contributed by atoms with Gasteiger partial charge in [-0.3, -0.25) is 0 Å². The van der Waals surface area contributed by atoms with E-state index in [0.717, 1.165) is 23.6 Å². The summed E-state index contributed by atoms with van der Waals surface area (Å²) < 4.78 is 5.20. The van der Waals surface area contributed by atoms with Crippen molar-refractivity contribution >= 4 is 5.82 Å². The molecule has 0 bridgehead atoms. The largest absolute Gasteiger partial charge is 0.496 e. The molecule has 0 saturated carbocycles. The molecule has 3 N–H and O–H groups in total. The van der Waals surface area contributed by atoms with E-state index in [0.29, 0.717) is 5.82 Å². The fraction of sp³-hybridized carbons (Fsp3) is 0.444. The van der Waals surface area contributed by atoms with E-state index in [4.69, 9.17) is 10.5 Å². The first kappa shape index (κ1) is 9.80. The van der Waals surface area contributed by atoms with Crippen molar-refractivity contribution in [2.45, 2.75) is 13.5 Å². The van der Waals surface area contributed by atoms with Crippen LogP contribution in [0.2, 0.25) is 0 Å². The zero-order valence-corrected chi connectivity index (χ0v) is 8.22. The third-order valence-corrected chi connectivity index (χ3v) is 1.88. The Morgan fingerprint density at radius 2 is 2.31 bits per heavy atom. The standard InChI is InChI=1S/C9H15N3O/c1-6-7(5-11-2)8(13-3)4-9(10)12-6/h4,11H,5H2,1-3H3,(H2,10,12). The summed E-state index contributed by atoms with van der Waals surface area (Å²) in [5.41, 5.74) is 7.55.